The van der Waals surface area contributed by atoms with Crippen molar-refractivity contribution < 1.29 is 43.2 Å². The zero-order valence-electron chi connectivity index (χ0n) is 41.2. The zero-order valence-corrected chi connectivity index (χ0v) is 41.2. The monoisotopic (exact) mass is 882 g/mol. The molecule has 10 nitrogen and oxygen atoms in total. The van der Waals surface area contributed by atoms with Crippen molar-refractivity contribution >= 4 is 23.9 Å². The van der Waals surface area contributed by atoms with Crippen LogP contribution in [-0.4, -0.2) is 85.5 Å². The van der Waals surface area contributed by atoms with Crippen molar-refractivity contribution in [2.45, 2.75) is 277 Å². The quantitative estimate of drug-likeness (QED) is 0.0358. The van der Waals surface area contributed by atoms with Crippen molar-refractivity contribution in [2.24, 2.45) is 0 Å². The van der Waals surface area contributed by atoms with E-state index in [-0.39, 0.29) is 62.1 Å². The summed E-state index contributed by atoms with van der Waals surface area (Å²) in [5, 5.41) is 9.38. The standard InChI is InChI=1S/C52H99NO9/c1-6-10-14-18-20-28-36-46(34-26-16-12-8-3)60-50(56)39-31-23-22-30-38-49(55)59-45-48(44-53(5)42-43-54)62-52(58)41-33-25-24-32-40-51(57)61-47(35-27-17-13-9-4)37-29-21-19-15-11-7-2/h46-48,54H,6-45H2,1-5H3/t46?,47?,48-/m1/s1. The predicted octanol–water partition coefficient (Wildman–Crippen LogP) is 13.3. The first kappa shape index (κ1) is 59.8. The number of rotatable bonds is 47. The molecule has 0 radical (unpaired) electrons. The highest BCUT2D eigenvalue weighted by molar-refractivity contribution is 5.71. The molecular formula is C52H99NO9. The smallest absolute Gasteiger partial charge is 0.306 e. The van der Waals surface area contributed by atoms with Gasteiger partial charge in [0, 0.05) is 38.8 Å². The third-order valence-corrected chi connectivity index (χ3v) is 11.9. The van der Waals surface area contributed by atoms with Crippen molar-refractivity contribution in [1.82, 2.24) is 4.90 Å². The lowest BCUT2D eigenvalue weighted by atomic mass is 10.0. The summed E-state index contributed by atoms with van der Waals surface area (Å²) >= 11 is 0. The molecule has 0 spiro atoms. The molecule has 2 unspecified atom stereocenters. The predicted molar refractivity (Wildman–Crippen MR) is 254 cm³/mol. The molecule has 0 aliphatic carbocycles. The van der Waals surface area contributed by atoms with Gasteiger partial charge in [-0.3, -0.25) is 19.2 Å². The highest BCUT2D eigenvalue weighted by Crippen LogP contribution is 2.20. The van der Waals surface area contributed by atoms with E-state index in [4.69, 9.17) is 18.9 Å². The first-order chi connectivity index (χ1) is 30.2. The Morgan fingerprint density at radius 1 is 0.403 bits per heavy atom. The topological polar surface area (TPSA) is 129 Å². The van der Waals surface area contributed by atoms with Gasteiger partial charge < -0.3 is 29.0 Å². The Kier molecular flexibility index (Phi) is 43.8. The molecule has 3 atom stereocenters. The van der Waals surface area contributed by atoms with E-state index in [1.54, 1.807) is 0 Å². The number of hydrogen-bond donors (Lipinski definition) is 1. The molecule has 0 aliphatic heterocycles. The van der Waals surface area contributed by atoms with Gasteiger partial charge in [-0.1, -0.05) is 156 Å². The second-order valence-electron chi connectivity index (χ2n) is 18.1. The number of ether oxygens (including phenoxy) is 4. The molecule has 0 saturated carbocycles. The van der Waals surface area contributed by atoms with E-state index >= 15 is 0 Å². The van der Waals surface area contributed by atoms with Gasteiger partial charge in [0.05, 0.1) is 6.61 Å². The van der Waals surface area contributed by atoms with Crippen LogP contribution in [-0.2, 0) is 38.1 Å². The van der Waals surface area contributed by atoms with Gasteiger partial charge in [-0.15, -0.1) is 0 Å². The lowest BCUT2D eigenvalue weighted by molar-refractivity contribution is -0.160. The maximum atomic E-state index is 12.8. The number of likely N-dealkylation sites (N-methyl/N-ethyl adjacent to an activating group) is 1. The van der Waals surface area contributed by atoms with Crippen LogP contribution in [0, 0.1) is 0 Å². The van der Waals surface area contributed by atoms with Crippen molar-refractivity contribution in [3.8, 4) is 0 Å². The van der Waals surface area contributed by atoms with Gasteiger partial charge in [0.15, 0.2) is 0 Å². The first-order valence-corrected chi connectivity index (χ1v) is 26.2. The van der Waals surface area contributed by atoms with Gasteiger partial charge in [-0.2, -0.15) is 0 Å². The third-order valence-electron chi connectivity index (χ3n) is 11.9. The maximum absolute atomic E-state index is 12.8. The second kappa shape index (κ2) is 45.4. The molecule has 0 bridgehead atoms. The van der Waals surface area contributed by atoms with Crippen LogP contribution in [0.2, 0.25) is 0 Å². The summed E-state index contributed by atoms with van der Waals surface area (Å²) in [5.41, 5.74) is 0. The molecule has 0 aromatic rings. The van der Waals surface area contributed by atoms with Crippen LogP contribution < -0.4 is 0 Å². The summed E-state index contributed by atoms with van der Waals surface area (Å²) in [6.45, 7) is 9.58. The third kappa shape index (κ3) is 40.6. The summed E-state index contributed by atoms with van der Waals surface area (Å²) in [5.74, 6) is -0.880. The number of hydrogen-bond acceptors (Lipinski definition) is 10. The zero-order chi connectivity index (χ0) is 45.7. The summed E-state index contributed by atoms with van der Waals surface area (Å²) in [6.07, 6.45) is 35.0. The SMILES string of the molecule is CCCCCCCCC(CCCCCC)OC(=O)CCCCCCC(=O)OC[C@@H](CN(C)CCO)OC(=O)CCCCCCC(=O)OC(CCCCCC)CCCCCCCC. The summed E-state index contributed by atoms with van der Waals surface area (Å²) in [7, 11) is 1.83. The largest absolute Gasteiger partial charge is 0.462 e. The summed E-state index contributed by atoms with van der Waals surface area (Å²) in [6, 6.07) is 0. The van der Waals surface area contributed by atoms with E-state index in [9.17, 15) is 24.3 Å². The van der Waals surface area contributed by atoms with Gasteiger partial charge in [-0.05, 0) is 84.1 Å². The normalized spacial score (nSPS) is 12.9. The molecule has 62 heavy (non-hydrogen) atoms. The fraction of sp³-hybridized carbons (Fsp3) is 0.923. The van der Waals surface area contributed by atoms with Crippen molar-refractivity contribution in [1.29, 1.82) is 0 Å². The van der Waals surface area contributed by atoms with Crippen LogP contribution in [0.3, 0.4) is 0 Å². The van der Waals surface area contributed by atoms with Crippen LogP contribution in [0.5, 0.6) is 0 Å². The highest BCUT2D eigenvalue weighted by Gasteiger charge is 2.20. The van der Waals surface area contributed by atoms with Crippen LogP contribution >= 0.6 is 0 Å². The van der Waals surface area contributed by atoms with Crippen LogP contribution in [0.25, 0.3) is 0 Å². The lowest BCUT2D eigenvalue weighted by Crippen LogP contribution is -2.37. The van der Waals surface area contributed by atoms with E-state index in [0.717, 1.165) is 89.9 Å². The van der Waals surface area contributed by atoms with Crippen LogP contribution in [0.15, 0.2) is 0 Å². The number of carbonyl (C=O) groups excluding carboxylic acids is 4. The molecule has 0 saturated heterocycles. The minimum absolute atomic E-state index is 0.0279. The Labute approximate surface area is 381 Å². The number of nitrogens with zero attached hydrogens (tertiary/aromatic N) is 1. The maximum Gasteiger partial charge on any atom is 0.306 e. The van der Waals surface area contributed by atoms with Gasteiger partial charge in [0.2, 0.25) is 0 Å². The van der Waals surface area contributed by atoms with Gasteiger partial charge in [0.25, 0.3) is 0 Å². The number of unbranched alkanes of at least 4 members (excludes halogenated alkanes) is 22. The molecule has 0 amide bonds. The molecule has 0 fully saturated rings. The Morgan fingerprint density at radius 3 is 1.05 bits per heavy atom. The lowest BCUT2D eigenvalue weighted by Gasteiger charge is -2.23. The van der Waals surface area contributed by atoms with E-state index in [1.165, 1.54) is 103 Å². The van der Waals surface area contributed by atoms with E-state index in [0.29, 0.717) is 38.8 Å². The number of aliphatic hydroxyl groups excluding tert-OH is 1. The highest BCUT2D eigenvalue weighted by atomic mass is 16.6. The molecule has 366 valence electrons. The number of carbonyl (C=O) groups is 4. The molecule has 10 heteroatoms. The molecule has 0 aliphatic rings. The van der Waals surface area contributed by atoms with Crippen molar-refractivity contribution in [3.05, 3.63) is 0 Å². The Balaban J connectivity index is 4.50. The van der Waals surface area contributed by atoms with E-state index in [2.05, 4.69) is 27.7 Å². The minimum Gasteiger partial charge on any atom is -0.462 e. The van der Waals surface area contributed by atoms with Gasteiger partial charge >= 0.3 is 23.9 Å². The van der Waals surface area contributed by atoms with Gasteiger partial charge in [-0.25, -0.2) is 0 Å². The molecule has 1 N–H and O–H groups in total. The van der Waals surface area contributed by atoms with Gasteiger partial charge in [0.1, 0.15) is 24.9 Å². The molecule has 0 rings (SSSR count). The van der Waals surface area contributed by atoms with Crippen LogP contribution in [0.4, 0.5) is 0 Å². The fourth-order valence-corrected chi connectivity index (χ4v) is 7.94. The van der Waals surface area contributed by atoms with E-state index in [1.807, 2.05) is 11.9 Å². The van der Waals surface area contributed by atoms with Crippen LogP contribution in [0.1, 0.15) is 259 Å². The average molecular weight is 882 g/mol. The summed E-state index contributed by atoms with van der Waals surface area (Å²) in [4.78, 5) is 52.6. The summed E-state index contributed by atoms with van der Waals surface area (Å²) < 4.78 is 23.1. The Morgan fingerprint density at radius 2 is 0.694 bits per heavy atom. The number of aliphatic hydroxyl groups is 1. The molecule has 0 heterocycles. The van der Waals surface area contributed by atoms with Crippen molar-refractivity contribution in [2.75, 3.05) is 33.4 Å². The fourth-order valence-electron chi connectivity index (χ4n) is 7.94. The Hall–Kier alpha value is -2.20. The molecule has 0 aromatic heterocycles. The Bertz CT molecular complexity index is 1040. The molecule has 0 aromatic carbocycles. The number of esters is 4. The first-order valence-electron chi connectivity index (χ1n) is 26.2. The second-order valence-corrected chi connectivity index (χ2v) is 18.1. The average Bonchev–Trinajstić information content (AvgIpc) is 3.24. The minimum atomic E-state index is -0.633. The molecular weight excluding hydrogens is 783 g/mol. The van der Waals surface area contributed by atoms with Crippen molar-refractivity contribution in [3.63, 3.8) is 0 Å². The van der Waals surface area contributed by atoms with E-state index < -0.39 is 6.10 Å².